The van der Waals surface area contributed by atoms with Crippen LogP contribution in [0.3, 0.4) is 0 Å². The Hall–Kier alpha value is -2.20. The number of aliphatic imine (C=N–C) groups is 1. The minimum atomic E-state index is -0.131. The predicted molar refractivity (Wildman–Crippen MR) is 134 cm³/mol. The van der Waals surface area contributed by atoms with E-state index in [0.717, 1.165) is 32.0 Å². The first kappa shape index (κ1) is 25.1. The molecule has 1 fully saturated rings. The normalized spacial score (nSPS) is 18.6. The van der Waals surface area contributed by atoms with Crippen molar-refractivity contribution in [3.63, 3.8) is 0 Å². The number of guanidine groups is 1. The molecule has 0 spiro atoms. The van der Waals surface area contributed by atoms with Crippen molar-refractivity contribution in [3.05, 3.63) is 65.5 Å². The van der Waals surface area contributed by atoms with Gasteiger partial charge in [-0.1, -0.05) is 29.8 Å². The maximum absolute atomic E-state index is 12.0. The van der Waals surface area contributed by atoms with Crippen LogP contribution in [0.1, 0.15) is 40.4 Å². The molecule has 0 bridgehead atoms. The number of ether oxygens (including phenoxy) is 1. The Morgan fingerprint density at radius 2 is 1.94 bits per heavy atom. The number of carbonyl (C=O) groups excluding carboxylic acids is 1. The van der Waals surface area contributed by atoms with Crippen LogP contribution < -0.4 is 16.0 Å². The highest BCUT2D eigenvalue weighted by Gasteiger charge is 2.27. The van der Waals surface area contributed by atoms with Gasteiger partial charge in [-0.2, -0.15) is 0 Å². The second kappa shape index (κ2) is 13.3. The van der Waals surface area contributed by atoms with Crippen LogP contribution >= 0.6 is 24.0 Å². The summed E-state index contributed by atoms with van der Waals surface area (Å²) in [5.74, 6) is 0.970. The summed E-state index contributed by atoms with van der Waals surface area (Å²) < 4.78 is 6.10. The van der Waals surface area contributed by atoms with Crippen molar-refractivity contribution in [2.24, 2.45) is 10.9 Å². The zero-order valence-corrected chi connectivity index (χ0v) is 20.5. The third kappa shape index (κ3) is 7.77. The number of pyridine rings is 1. The van der Waals surface area contributed by atoms with Gasteiger partial charge in [0.15, 0.2) is 5.96 Å². The van der Waals surface area contributed by atoms with E-state index < -0.39 is 0 Å². The summed E-state index contributed by atoms with van der Waals surface area (Å²) in [4.78, 5) is 20.3. The zero-order valence-electron chi connectivity index (χ0n) is 18.1. The fraction of sp³-hybridized carbons (Fsp3) is 0.435. The molecule has 1 aromatic heterocycles. The van der Waals surface area contributed by atoms with Gasteiger partial charge in [-0.3, -0.25) is 14.8 Å². The van der Waals surface area contributed by atoms with Crippen LogP contribution in [0.5, 0.6) is 0 Å². The number of hydrogen-bond acceptors (Lipinski definition) is 4. The summed E-state index contributed by atoms with van der Waals surface area (Å²) in [6, 6.07) is 12.1. The van der Waals surface area contributed by atoms with Crippen molar-refractivity contribution in [3.8, 4) is 0 Å². The molecule has 1 aromatic carbocycles. The van der Waals surface area contributed by atoms with E-state index in [1.54, 1.807) is 31.6 Å². The highest BCUT2D eigenvalue weighted by atomic mass is 127. The maximum Gasteiger partial charge on any atom is 0.252 e. The molecule has 1 aliphatic heterocycles. The van der Waals surface area contributed by atoms with Crippen LogP contribution in [0.15, 0.2) is 53.8 Å². The van der Waals surface area contributed by atoms with Crippen molar-refractivity contribution in [2.75, 3.05) is 33.3 Å². The van der Waals surface area contributed by atoms with E-state index in [1.807, 2.05) is 0 Å². The van der Waals surface area contributed by atoms with Gasteiger partial charge < -0.3 is 20.7 Å². The molecule has 0 radical (unpaired) electrons. The molecule has 2 aromatic rings. The number of halogens is 1. The van der Waals surface area contributed by atoms with Gasteiger partial charge in [0.25, 0.3) is 5.91 Å². The molecule has 7 nitrogen and oxygen atoms in total. The van der Waals surface area contributed by atoms with Crippen molar-refractivity contribution >= 4 is 35.8 Å². The van der Waals surface area contributed by atoms with Gasteiger partial charge in [0.05, 0.1) is 11.7 Å². The minimum Gasteiger partial charge on any atom is -0.373 e. The first-order valence-corrected chi connectivity index (χ1v) is 10.5. The molecule has 0 saturated carbocycles. The second-order valence-electron chi connectivity index (χ2n) is 7.48. The standard InChI is InChI=1S/C23H31N5O2.HI/c1-17-7-9-18(10-8-17)21-19(6-4-14-30-21)16-28-23(24-2)27-13-12-26-22(29)20-5-3-11-25-15-20;/h3,5,7-11,15,19,21H,4,6,12-14,16H2,1-2H3,(H,26,29)(H2,24,27,28);1H. The molecule has 2 atom stereocenters. The number of aryl methyl sites for hydroxylation is 1. The lowest BCUT2D eigenvalue weighted by Gasteiger charge is -2.32. The summed E-state index contributed by atoms with van der Waals surface area (Å²) in [6.07, 6.45) is 5.49. The van der Waals surface area contributed by atoms with Crippen LogP contribution in [-0.4, -0.2) is 50.1 Å². The number of rotatable bonds is 7. The Morgan fingerprint density at radius 3 is 2.65 bits per heavy atom. The summed E-state index contributed by atoms with van der Waals surface area (Å²) in [6.45, 7) is 4.75. The number of benzene rings is 1. The smallest absolute Gasteiger partial charge is 0.252 e. The van der Waals surface area contributed by atoms with Crippen molar-refractivity contribution in [2.45, 2.75) is 25.9 Å². The molecule has 3 rings (SSSR count). The molecular weight excluding hydrogens is 505 g/mol. The summed E-state index contributed by atoms with van der Waals surface area (Å²) in [5, 5.41) is 9.52. The van der Waals surface area contributed by atoms with E-state index in [0.29, 0.717) is 24.6 Å². The van der Waals surface area contributed by atoms with Crippen LogP contribution in [-0.2, 0) is 4.74 Å². The fourth-order valence-electron chi connectivity index (χ4n) is 3.58. The summed E-state index contributed by atoms with van der Waals surface area (Å²) in [7, 11) is 1.75. The number of hydrogen-bond donors (Lipinski definition) is 3. The van der Waals surface area contributed by atoms with Crippen LogP contribution in [0.25, 0.3) is 0 Å². The number of nitrogens with one attached hydrogen (secondary N) is 3. The average Bonchev–Trinajstić information content (AvgIpc) is 2.80. The summed E-state index contributed by atoms with van der Waals surface area (Å²) in [5.41, 5.74) is 3.04. The van der Waals surface area contributed by atoms with Crippen LogP contribution in [0.4, 0.5) is 0 Å². The van der Waals surface area contributed by atoms with E-state index in [1.165, 1.54) is 11.1 Å². The molecule has 2 unspecified atom stereocenters. The van der Waals surface area contributed by atoms with Crippen molar-refractivity contribution < 1.29 is 9.53 Å². The van der Waals surface area contributed by atoms with Crippen LogP contribution in [0, 0.1) is 12.8 Å². The second-order valence-corrected chi connectivity index (χ2v) is 7.48. The SMILES string of the molecule is CN=C(NCCNC(=O)c1cccnc1)NCC1CCCOC1c1ccc(C)cc1.I. The maximum atomic E-state index is 12.0. The largest absolute Gasteiger partial charge is 0.373 e. The lowest BCUT2D eigenvalue weighted by atomic mass is 9.89. The molecule has 168 valence electrons. The molecule has 31 heavy (non-hydrogen) atoms. The molecule has 3 N–H and O–H groups in total. The van der Waals surface area contributed by atoms with E-state index in [4.69, 9.17) is 4.74 Å². The molecule has 2 heterocycles. The Kier molecular flexibility index (Phi) is 10.7. The molecule has 1 saturated heterocycles. The van der Waals surface area contributed by atoms with Gasteiger partial charge in [-0.15, -0.1) is 24.0 Å². The molecule has 8 heteroatoms. The van der Waals surface area contributed by atoms with E-state index >= 15 is 0 Å². The topological polar surface area (TPSA) is 87.6 Å². The lowest BCUT2D eigenvalue weighted by Crippen LogP contribution is -2.44. The van der Waals surface area contributed by atoms with Gasteiger partial charge >= 0.3 is 0 Å². The van der Waals surface area contributed by atoms with Gasteiger partial charge in [0, 0.05) is 51.6 Å². The van der Waals surface area contributed by atoms with Crippen molar-refractivity contribution in [1.29, 1.82) is 0 Å². The number of nitrogens with zero attached hydrogens (tertiary/aromatic N) is 2. The van der Waals surface area contributed by atoms with Crippen LogP contribution in [0.2, 0.25) is 0 Å². The highest BCUT2D eigenvalue weighted by molar-refractivity contribution is 14.0. The Labute approximate surface area is 201 Å². The molecule has 1 amide bonds. The third-order valence-electron chi connectivity index (χ3n) is 5.23. The fourth-order valence-corrected chi connectivity index (χ4v) is 3.58. The predicted octanol–water partition coefficient (Wildman–Crippen LogP) is 3.07. The number of carbonyl (C=O) groups is 1. The van der Waals surface area contributed by atoms with Gasteiger partial charge in [0.1, 0.15) is 0 Å². The number of amides is 1. The Bertz CT molecular complexity index is 830. The first-order valence-electron chi connectivity index (χ1n) is 10.5. The summed E-state index contributed by atoms with van der Waals surface area (Å²) >= 11 is 0. The van der Waals surface area contributed by atoms with Gasteiger partial charge in [0.2, 0.25) is 0 Å². The Balaban J connectivity index is 0.00000341. The third-order valence-corrected chi connectivity index (χ3v) is 5.23. The average molecular weight is 537 g/mol. The molecule has 1 aliphatic rings. The molecular formula is C23H32IN5O2. The van der Waals surface area contributed by atoms with Gasteiger partial charge in [-0.25, -0.2) is 0 Å². The highest BCUT2D eigenvalue weighted by Crippen LogP contribution is 2.33. The Morgan fingerprint density at radius 1 is 1.16 bits per heavy atom. The quantitative estimate of drug-likeness (QED) is 0.219. The first-order chi connectivity index (χ1) is 14.7. The minimum absolute atomic E-state index is 0. The van der Waals surface area contributed by atoms with Crippen molar-refractivity contribution in [1.82, 2.24) is 20.9 Å². The van der Waals surface area contributed by atoms with E-state index in [2.05, 4.69) is 57.1 Å². The zero-order chi connectivity index (χ0) is 21.2. The number of aromatic nitrogens is 1. The van der Waals surface area contributed by atoms with E-state index in [-0.39, 0.29) is 36.0 Å². The lowest BCUT2D eigenvalue weighted by molar-refractivity contribution is -0.0265. The molecule has 0 aliphatic carbocycles. The van der Waals surface area contributed by atoms with E-state index in [9.17, 15) is 4.79 Å². The van der Waals surface area contributed by atoms with Gasteiger partial charge in [-0.05, 0) is 37.5 Å². The monoisotopic (exact) mass is 537 g/mol.